The monoisotopic (exact) mass is 359 g/mol. The van der Waals surface area contributed by atoms with Gasteiger partial charge in [0.15, 0.2) is 0 Å². The molecule has 144 valence electrons. The van der Waals surface area contributed by atoms with Crippen molar-refractivity contribution in [2.45, 2.75) is 32.2 Å². The highest BCUT2D eigenvalue weighted by Crippen LogP contribution is 2.35. The van der Waals surface area contributed by atoms with Gasteiger partial charge in [0.05, 0.1) is 13.2 Å². The van der Waals surface area contributed by atoms with E-state index in [-0.39, 0.29) is 0 Å². The van der Waals surface area contributed by atoms with E-state index in [9.17, 15) is 0 Å². The summed E-state index contributed by atoms with van der Waals surface area (Å²) in [6, 6.07) is 4.22. The molecular weight excluding hydrogens is 326 g/mol. The predicted molar refractivity (Wildman–Crippen MR) is 102 cm³/mol. The van der Waals surface area contributed by atoms with Crippen molar-refractivity contribution in [1.29, 1.82) is 0 Å². The summed E-state index contributed by atoms with van der Waals surface area (Å²) >= 11 is 0. The Balaban J connectivity index is 1.31. The lowest BCUT2D eigenvalue weighted by atomic mass is 9.78. The maximum Gasteiger partial charge on any atom is 0.0593 e. The Bertz CT molecular complexity index is 539. The summed E-state index contributed by atoms with van der Waals surface area (Å²) in [5, 5.41) is 0. The van der Waals surface area contributed by atoms with Crippen molar-refractivity contribution in [2.24, 2.45) is 11.3 Å². The number of ether oxygens (including phenoxy) is 2. The molecule has 1 aromatic heterocycles. The number of hydrogen-bond acceptors (Lipinski definition) is 5. The van der Waals surface area contributed by atoms with Gasteiger partial charge in [-0.25, -0.2) is 0 Å². The van der Waals surface area contributed by atoms with Crippen molar-refractivity contribution >= 4 is 0 Å². The highest BCUT2D eigenvalue weighted by Gasteiger charge is 2.38. The fourth-order valence-corrected chi connectivity index (χ4v) is 4.77. The molecule has 26 heavy (non-hydrogen) atoms. The molecule has 5 heteroatoms. The van der Waals surface area contributed by atoms with Gasteiger partial charge in [0.1, 0.15) is 0 Å². The smallest absolute Gasteiger partial charge is 0.0593 e. The average Bonchev–Trinajstić information content (AvgIpc) is 2.88. The van der Waals surface area contributed by atoms with Crippen molar-refractivity contribution in [3.05, 3.63) is 30.1 Å². The molecule has 0 radical (unpaired) electrons. The first-order valence-electron chi connectivity index (χ1n) is 10.3. The quantitative estimate of drug-likeness (QED) is 0.825. The molecule has 3 aliphatic rings. The minimum atomic E-state index is 0.338. The normalized spacial score (nSPS) is 26.0. The maximum absolute atomic E-state index is 6.05. The van der Waals surface area contributed by atoms with E-state index in [0.29, 0.717) is 5.41 Å². The lowest BCUT2D eigenvalue weighted by Gasteiger charge is -2.43. The number of aromatic nitrogens is 1. The van der Waals surface area contributed by atoms with E-state index in [1.807, 2.05) is 18.5 Å². The molecule has 0 bridgehead atoms. The third kappa shape index (κ3) is 4.83. The first-order valence-corrected chi connectivity index (χ1v) is 10.3. The molecule has 0 atom stereocenters. The molecule has 5 nitrogen and oxygen atoms in total. The van der Waals surface area contributed by atoms with E-state index in [0.717, 1.165) is 52.0 Å². The van der Waals surface area contributed by atoms with Crippen LogP contribution < -0.4 is 0 Å². The lowest BCUT2D eigenvalue weighted by molar-refractivity contribution is 0.00116. The van der Waals surface area contributed by atoms with E-state index >= 15 is 0 Å². The first-order chi connectivity index (χ1) is 12.8. The molecule has 3 fully saturated rings. The standard InChI is InChI=1S/C21H33N3O2/c1-2-20(14-22-7-1)16-24-10-13-26-18-21(17-24)5-8-23(9-6-21)15-19-3-11-25-12-4-19/h1-2,7,14,19H,3-6,8-13,15-18H2. The van der Waals surface area contributed by atoms with Gasteiger partial charge in [0.25, 0.3) is 0 Å². The van der Waals surface area contributed by atoms with Gasteiger partial charge in [0.2, 0.25) is 0 Å². The van der Waals surface area contributed by atoms with Crippen LogP contribution in [0.4, 0.5) is 0 Å². The molecular formula is C21H33N3O2. The third-order valence-electron chi connectivity index (χ3n) is 6.42. The summed E-state index contributed by atoms with van der Waals surface area (Å²) in [6.45, 7) is 10.6. The van der Waals surface area contributed by atoms with Gasteiger partial charge < -0.3 is 14.4 Å². The maximum atomic E-state index is 6.05. The van der Waals surface area contributed by atoms with Crippen LogP contribution >= 0.6 is 0 Å². The van der Waals surface area contributed by atoms with Gasteiger partial charge >= 0.3 is 0 Å². The van der Waals surface area contributed by atoms with Crippen molar-refractivity contribution in [3.8, 4) is 0 Å². The van der Waals surface area contributed by atoms with E-state index in [1.165, 1.54) is 50.9 Å². The average molecular weight is 360 g/mol. The second-order valence-corrected chi connectivity index (χ2v) is 8.48. The minimum absolute atomic E-state index is 0.338. The van der Waals surface area contributed by atoms with Gasteiger partial charge in [-0.1, -0.05) is 6.07 Å². The molecule has 4 heterocycles. The van der Waals surface area contributed by atoms with Crippen LogP contribution in [0, 0.1) is 11.3 Å². The Morgan fingerprint density at radius 1 is 1.04 bits per heavy atom. The Morgan fingerprint density at radius 3 is 2.65 bits per heavy atom. The summed E-state index contributed by atoms with van der Waals surface area (Å²) in [5.41, 5.74) is 1.65. The number of pyridine rings is 1. The minimum Gasteiger partial charge on any atom is -0.381 e. The van der Waals surface area contributed by atoms with Crippen LogP contribution in [-0.4, -0.2) is 73.9 Å². The second-order valence-electron chi connectivity index (χ2n) is 8.48. The van der Waals surface area contributed by atoms with E-state index < -0.39 is 0 Å². The molecule has 0 unspecified atom stereocenters. The lowest BCUT2D eigenvalue weighted by Crippen LogP contribution is -2.48. The number of rotatable bonds is 4. The van der Waals surface area contributed by atoms with Crippen LogP contribution in [0.2, 0.25) is 0 Å². The molecule has 0 amide bonds. The molecule has 0 saturated carbocycles. The SMILES string of the molecule is c1cncc(CN2CCOCC3(CCN(CC4CCOCC4)CC3)C2)c1. The van der Waals surface area contributed by atoms with Crippen molar-refractivity contribution in [3.63, 3.8) is 0 Å². The van der Waals surface area contributed by atoms with Crippen LogP contribution in [-0.2, 0) is 16.0 Å². The largest absolute Gasteiger partial charge is 0.381 e. The fraction of sp³-hybridized carbons (Fsp3) is 0.762. The second kappa shape index (κ2) is 8.79. The van der Waals surface area contributed by atoms with Crippen LogP contribution in [0.15, 0.2) is 24.5 Å². The highest BCUT2D eigenvalue weighted by atomic mass is 16.5. The summed E-state index contributed by atoms with van der Waals surface area (Å²) in [6.07, 6.45) is 8.85. The van der Waals surface area contributed by atoms with Gasteiger partial charge in [0, 0.05) is 57.2 Å². The number of nitrogens with zero attached hydrogens (tertiary/aromatic N) is 3. The number of piperidine rings is 1. The Hall–Kier alpha value is -1.01. The molecule has 1 spiro atoms. The zero-order valence-corrected chi connectivity index (χ0v) is 15.9. The first kappa shape index (κ1) is 18.4. The third-order valence-corrected chi connectivity index (χ3v) is 6.42. The Kier molecular flexibility index (Phi) is 6.20. The highest BCUT2D eigenvalue weighted by molar-refractivity contribution is 5.08. The van der Waals surface area contributed by atoms with Crippen LogP contribution in [0.5, 0.6) is 0 Å². The van der Waals surface area contributed by atoms with Gasteiger partial charge in [-0.2, -0.15) is 0 Å². The zero-order chi connectivity index (χ0) is 17.7. The Morgan fingerprint density at radius 2 is 1.88 bits per heavy atom. The molecule has 0 N–H and O–H groups in total. The predicted octanol–water partition coefficient (Wildman–Crippen LogP) is 2.42. The van der Waals surface area contributed by atoms with Gasteiger partial charge in [-0.3, -0.25) is 9.88 Å². The molecule has 4 rings (SSSR count). The van der Waals surface area contributed by atoms with Crippen molar-refractivity contribution < 1.29 is 9.47 Å². The summed E-state index contributed by atoms with van der Waals surface area (Å²) in [5.74, 6) is 0.838. The summed E-state index contributed by atoms with van der Waals surface area (Å²) in [4.78, 5) is 9.54. The molecule has 0 aromatic carbocycles. The summed E-state index contributed by atoms with van der Waals surface area (Å²) in [7, 11) is 0. The topological polar surface area (TPSA) is 37.8 Å². The molecule has 3 saturated heterocycles. The van der Waals surface area contributed by atoms with E-state index in [4.69, 9.17) is 9.47 Å². The Labute approximate surface area is 157 Å². The van der Waals surface area contributed by atoms with Gasteiger partial charge in [-0.05, 0) is 56.3 Å². The van der Waals surface area contributed by atoms with Crippen molar-refractivity contribution in [1.82, 2.24) is 14.8 Å². The van der Waals surface area contributed by atoms with E-state index in [1.54, 1.807) is 0 Å². The summed E-state index contributed by atoms with van der Waals surface area (Å²) < 4.78 is 11.6. The molecule has 0 aliphatic carbocycles. The van der Waals surface area contributed by atoms with Crippen LogP contribution in [0.25, 0.3) is 0 Å². The number of hydrogen-bond donors (Lipinski definition) is 0. The van der Waals surface area contributed by atoms with Crippen LogP contribution in [0.1, 0.15) is 31.2 Å². The fourth-order valence-electron chi connectivity index (χ4n) is 4.77. The van der Waals surface area contributed by atoms with Crippen LogP contribution in [0.3, 0.4) is 0 Å². The molecule has 3 aliphatic heterocycles. The number of likely N-dealkylation sites (tertiary alicyclic amines) is 1. The molecule has 1 aromatic rings. The van der Waals surface area contributed by atoms with E-state index in [2.05, 4.69) is 20.9 Å². The van der Waals surface area contributed by atoms with Gasteiger partial charge in [-0.15, -0.1) is 0 Å². The van der Waals surface area contributed by atoms with Crippen molar-refractivity contribution in [2.75, 3.05) is 59.2 Å². The zero-order valence-electron chi connectivity index (χ0n) is 15.9.